The monoisotopic (exact) mass is 279 g/mol. The smallest absolute Gasteiger partial charge is 0.156 e. The zero-order chi connectivity index (χ0) is 10.6. The molecule has 0 spiro atoms. The molecule has 1 rings (SSSR count). The van der Waals surface area contributed by atoms with E-state index in [0.29, 0.717) is 29.5 Å². The average molecular weight is 281 g/mol. The molecule has 1 aromatic rings. The number of hydrogen-bond acceptors (Lipinski definition) is 3. The first kappa shape index (κ1) is 11.6. The third-order valence-corrected chi connectivity index (χ3v) is 2.39. The number of rotatable bonds is 4. The van der Waals surface area contributed by atoms with Crippen LogP contribution < -0.4 is 10.5 Å². The Kier molecular flexibility index (Phi) is 4.51. The van der Waals surface area contributed by atoms with Gasteiger partial charge in [0.25, 0.3) is 0 Å². The number of halogens is 2. The minimum atomic E-state index is 0.102. The zero-order valence-corrected chi connectivity index (χ0v) is 9.81. The van der Waals surface area contributed by atoms with Crippen LogP contribution in [0.3, 0.4) is 0 Å². The van der Waals surface area contributed by atoms with Crippen LogP contribution in [0.2, 0.25) is 5.02 Å². The number of aliphatic hydroxyl groups is 1. The maximum Gasteiger partial charge on any atom is 0.156 e. The van der Waals surface area contributed by atoms with Gasteiger partial charge in [-0.3, -0.25) is 0 Å². The van der Waals surface area contributed by atoms with Crippen molar-refractivity contribution in [1.82, 2.24) is 0 Å². The molecule has 0 unspecified atom stereocenters. The van der Waals surface area contributed by atoms with Gasteiger partial charge < -0.3 is 15.6 Å². The van der Waals surface area contributed by atoms with Crippen LogP contribution in [0.25, 0.3) is 0 Å². The second-order valence-corrected chi connectivity index (χ2v) is 4.02. The quantitative estimate of drug-likeness (QED) is 0.658. The summed E-state index contributed by atoms with van der Waals surface area (Å²) in [7, 11) is 0. The SMILES string of the molecule is Nc1cc(Cl)cc(Br)c1OCCCO. The molecule has 0 radical (unpaired) electrons. The fourth-order valence-corrected chi connectivity index (χ4v) is 1.92. The maximum absolute atomic E-state index is 8.58. The summed E-state index contributed by atoms with van der Waals surface area (Å²) < 4.78 is 6.10. The molecule has 0 fully saturated rings. The van der Waals surface area contributed by atoms with Crippen molar-refractivity contribution in [3.8, 4) is 5.75 Å². The lowest BCUT2D eigenvalue weighted by molar-refractivity contribution is 0.233. The zero-order valence-electron chi connectivity index (χ0n) is 7.46. The van der Waals surface area contributed by atoms with Crippen LogP contribution in [0.4, 0.5) is 5.69 Å². The Hall–Kier alpha value is -0.450. The molecule has 0 aromatic heterocycles. The first-order valence-electron chi connectivity index (χ1n) is 4.13. The summed E-state index contributed by atoms with van der Waals surface area (Å²) in [4.78, 5) is 0. The van der Waals surface area contributed by atoms with Crippen LogP contribution in [0.15, 0.2) is 16.6 Å². The van der Waals surface area contributed by atoms with E-state index in [4.69, 9.17) is 27.2 Å². The van der Waals surface area contributed by atoms with Gasteiger partial charge in [0.15, 0.2) is 5.75 Å². The lowest BCUT2D eigenvalue weighted by Gasteiger charge is -2.10. The minimum absolute atomic E-state index is 0.102. The van der Waals surface area contributed by atoms with Crippen molar-refractivity contribution < 1.29 is 9.84 Å². The first-order chi connectivity index (χ1) is 6.65. The van der Waals surface area contributed by atoms with E-state index < -0.39 is 0 Å². The highest BCUT2D eigenvalue weighted by Gasteiger charge is 2.07. The number of nitrogens with two attached hydrogens (primary N) is 1. The second-order valence-electron chi connectivity index (χ2n) is 2.73. The molecule has 0 aliphatic heterocycles. The van der Waals surface area contributed by atoms with Gasteiger partial charge in [-0.15, -0.1) is 0 Å². The minimum Gasteiger partial charge on any atom is -0.490 e. The number of nitrogen functional groups attached to an aromatic ring is 1. The van der Waals surface area contributed by atoms with Crippen LogP contribution in [0.5, 0.6) is 5.75 Å². The van der Waals surface area contributed by atoms with Gasteiger partial charge in [-0.2, -0.15) is 0 Å². The third kappa shape index (κ3) is 3.04. The van der Waals surface area contributed by atoms with Gasteiger partial charge in [-0.05, 0) is 28.1 Å². The van der Waals surface area contributed by atoms with Crippen molar-refractivity contribution in [2.24, 2.45) is 0 Å². The van der Waals surface area contributed by atoms with E-state index in [0.717, 1.165) is 4.47 Å². The molecule has 0 saturated heterocycles. The summed E-state index contributed by atoms with van der Waals surface area (Å²) in [6, 6.07) is 3.34. The molecule has 0 heterocycles. The van der Waals surface area contributed by atoms with Gasteiger partial charge in [-0.25, -0.2) is 0 Å². The van der Waals surface area contributed by atoms with Crippen LogP contribution in [-0.2, 0) is 0 Å². The Morgan fingerprint density at radius 2 is 2.21 bits per heavy atom. The molecule has 0 saturated carbocycles. The molecular weight excluding hydrogens is 269 g/mol. The summed E-state index contributed by atoms with van der Waals surface area (Å²) in [6.07, 6.45) is 0.578. The Morgan fingerprint density at radius 3 is 2.79 bits per heavy atom. The predicted octanol–water partition coefficient (Wildman–Crippen LogP) is 2.45. The van der Waals surface area contributed by atoms with Gasteiger partial charge >= 0.3 is 0 Å². The van der Waals surface area contributed by atoms with Crippen molar-refractivity contribution in [2.75, 3.05) is 18.9 Å². The van der Waals surface area contributed by atoms with Crippen molar-refractivity contribution in [1.29, 1.82) is 0 Å². The van der Waals surface area contributed by atoms with Crippen LogP contribution in [0.1, 0.15) is 6.42 Å². The lowest BCUT2D eigenvalue weighted by Crippen LogP contribution is -2.02. The molecule has 78 valence electrons. The van der Waals surface area contributed by atoms with E-state index in [1.807, 2.05) is 0 Å². The molecule has 0 bridgehead atoms. The Balaban J connectivity index is 2.75. The summed E-state index contributed by atoms with van der Waals surface area (Å²) in [5.41, 5.74) is 6.19. The largest absolute Gasteiger partial charge is 0.490 e. The van der Waals surface area contributed by atoms with Crippen molar-refractivity contribution >= 4 is 33.2 Å². The predicted molar refractivity (Wildman–Crippen MR) is 60.8 cm³/mol. The molecule has 0 atom stereocenters. The summed E-state index contributed by atoms with van der Waals surface area (Å²) in [6.45, 7) is 0.534. The molecule has 14 heavy (non-hydrogen) atoms. The Labute approximate surface area is 95.9 Å². The molecule has 0 aliphatic rings. The van der Waals surface area contributed by atoms with Gasteiger partial charge in [0.2, 0.25) is 0 Å². The van der Waals surface area contributed by atoms with Crippen LogP contribution in [0, 0.1) is 0 Å². The Bertz CT molecular complexity index is 297. The van der Waals surface area contributed by atoms with E-state index in [-0.39, 0.29) is 6.61 Å². The summed E-state index contributed by atoms with van der Waals surface area (Å²) in [5, 5.41) is 9.14. The highest BCUT2D eigenvalue weighted by molar-refractivity contribution is 9.10. The standard InChI is InChI=1S/C9H11BrClNO2/c10-7-4-6(11)5-8(12)9(7)14-3-1-2-13/h4-5,13H,1-3,12H2. The van der Waals surface area contributed by atoms with Crippen molar-refractivity contribution in [3.05, 3.63) is 21.6 Å². The van der Waals surface area contributed by atoms with Gasteiger partial charge in [0.1, 0.15) is 0 Å². The highest BCUT2D eigenvalue weighted by atomic mass is 79.9. The number of benzene rings is 1. The van der Waals surface area contributed by atoms with E-state index in [1.165, 1.54) is 0 Å². The molecule has 0 amide bonds. The number of hydrogen-bond donors (Lipinski definition) is 2. The molecule has 5 heteroatoms. The number of ether oxygens (including phenoxy) is 1. The normalized spacial score (nSPS) is 10.2. The van der Waals surface area contributed by atoms with Crippen molar-refractivity contribution in [2.45, 2.75) is 6.42 Å². The second kappa shape index (κ2) is 5.44. The molecule has 3 N–H and O–H groups in total. The highest BCUT2D eigenvalue weighted by Crippen LogP contribution is 2.34. The fourth-order valence-electron chi connectivity index (χ4n) is 0.971. The lowest BCUT2D eigenvalue weighted by atomic mass is 10.3. The third-order valence-electron chi connectivity index (χ3n) is 1.59. The number of anilines is 1. The summed E-state index contributed by atoms with van der Waals surface area (Å²) in [5.74, 6) is 0.572. The molecule has 0 aliphatic carbocycles. The van der Waals surface area contributed by atoms with Crippen LogP contribution in [-0.4, -0.2) is 18.3 Å². The molecular formula is C9H11BrClNO2. The van der Waals surface area contributed by atoms with Crippen molar-refractivity contribution in [3.63, 3.8) is 0 Å². The van der Waals surface area contributed by atoms with Gasteiger partial charge in [0.05, 0.1) is 16.8 Å². The Morgan fingerprint density at radius 1 is 1.50 bits per heavy atom. The van der Waals surface area contributed by atoms with Gasteiger partial charge in [0, 0.05) is 18.1 Å². The van der Waals surface area contributed by atoms with E-state index in [9.17, 15) is 0 Å². The topological polar surface area (TPSA) is 55.5 Å². The summed E-state index contributed by atoms with van der Waals surface area (Å²) >= 11 is 9.08. The molecule has 3 nitrogen and oxygen atoms in total. The first-order valence-corrected chi connectivity index (χ1v) is 5.30. The van der Waals surface area contributed by atoms with E-state index in [2.05, 4.69) is 15.9 Å². The molecule has 1 aromatic carbocycles. The average Bonchev–Trinajstić information content (AvgIpc) is 2.09. The number of aliphatic hydroxyl groups excluding tert-OH is 1. The maximum atomic E-state index is 8.58. The van der Waals surface area contributed by atoms with Gasteiger partial charge in [-0.1, -0.05) is 11.6 Å². The van der Waals surface area contributed by atoms with E-state index in [1.54, 1.807) is 12.1 Å². The van der Waals surface area contributed by atoms with E-state index >= 15 is 0 Å². The van der Waals surface area contributed by atoms with Crippen LogP contribution >= 0.6 is 27.5 Å². The fraction of sp³-hybridized carbons (Fsp3) is 0.333.